The number of anilines is 1. The lowest BCUT2D eigenvalue weighted by Crippen LogP contribution is -2.12. The summed E-state index contributed by atoms with van der Waals surface area (Å²) in [5, 5.41) is 0. The third kappa shape index (κ3) is 5.74. The Hall–Kier alpha value is -2.07. The van der Waals surface area contributed by atoms with E-state index < -0.39 is 0 Å². The minimum atomic E-state index is 0.572. The van der Waals surface area contributed by atoms with E-state index in [1.54, 1.807) is 19.4 Å². The molecular weight excluding hydrogens is 274 g/mol. The van der Waals surface area contributed by atoms with Gasteiger partial charge in [0.05, 0.1) is 7.11 Å². The smallest absolute Gasteiger partial charge is 0.123 e. The normalized spacial score (nSPS) is 10.1. The quantitative estimate of drug-likeness (QED) is 0.941. The largest absolute Gasteiger partial charge is 0.496 e. The molecule has 0 atom stereocenters. The standard InChI is InChI=1S/C13H21NO.C5H6N2/c1-6-11-7-10(2)13(15-5)8-12(11)9-14(3)4;6-5-3-1-2-4-7-5/h7-8H,6,9H2,1-5H3;1-4H,(H2,6,7). The van der Waals surface area contributed by atoms with Crippen LogP contribution in [0.2, 0.25) is 0 Å². The van der Waals surface area contributed by atoms with Crippen LogP contribution in [0, 0.1) is 6.92 Å². The summed E-state index contributed by atoms with van der Waals surface area (Å²) in [6, 6.07) is 9.82. The van der Waals surface area contributed by atoms with Gasteiger partial charge in [0.15, 0.2) is 0 Å². The number of nitrogens with two attached hydrogens (primary N) is 1. The van der Waals surface area contributed by atoms with E-state index in [-0.39, 0.29) is 0 Å². The Bertz CT molecular complexity index is 568. The molecule has 0 radical (unpaired) electrons. The molecule has 0 unspecified atom stereocenters. The molecule has 2 aromatic rings. The molecule has 1 heterocycles. The number of nitrogens with zero attached hydrogens (tertiary/aromatic N) is 2. The average Bonchev–Trinajstić information content (AvgIpc) is 2.49. The second kappa shape index (κ2) is 9.05. The number of aryl methyl sites for hydroxylation is 2. The summed E-state index contributed by atoms with van der Waals surface area (Å²) in [6.45, 7) is 5.26. The van der Waals surface area contributed by atoms with Crippen LogP contribution in [-0.4, -0.2) is 31.1 Å². The van der Waals surface area contributed by atoms with Crippen molar-refractivity contribution in [1.29, 1.82) is 0 Å². The molecule has 4 nitrogen and oxygen atoms in total. The van der Waals surface area contributed by atoms with Gasteiger partial charge in [-0.2, -0.15) is 0 Å². The van der Waals surface area contributed by atoms with Crippen molar-refractivity contribution in [1.82, 2.24) is 9.88 Å². The van der Waals surface area contributed by atoms with Gasteiger partial charge in [0.1, 0.15) is 11.6 Å². The Morgan fingerprint density at radius 1 is 1.18 bits per heavy atom. The maximum absolute atomic E-state index is 5.35. The predicted molar refractivity (Wildman–Crippen MR) is 93.1 cm³/mol. The average molecular weight is 301 g/mol. The van der Waals surface area contributed by atoms with Crippen molar-refractivity contribution in [3.63, 3.8) is 0 Å². The molecule has 1 aromatic carbocycles. The molecule has 0 aliphatic rings. The summed E-state index contributed by atoms with van der Waals surface area (Å²) in [5.74, 6) is 1.56. The van der Waals surface area contributed by atoms with Crippen molar-refractivity contribution in [3.8, 4) is 5.75 Å². The summed E-state index contributed by atoms with van der Waals surface area (Å²) in [7, 11) is 5.91. The third-order valence-corrected chi connectivity index (χ3v) is 3.27. The van der Waals surface area contributed by atoms with Gasteiger partial charge in [-0.25, -0.2) is 4.98 Å². The van der Waals surface area contributed by atoms with Crippen molar-refractivity contribution in [2.45, 2.75) is 26.8 Å². The molecule has 0 spiro atoms. The SMILES string of the molecule is CCc1cc(C)c(OC)cc1CN(C)C.Nc1ccccn1. The molecule has 0 aliphatic heterocycles. The molecule has 0 bridgehead atoms. The molecule has 2 N–H and O–H groups in total. The van der Waals surface area contributed by atoms with Crippen LogP contribution in [0.4, 0.5) is 5.82 Å². The molecule has 22 heavy (non-hydrogen) atoms. The lowest BCUT2D eigenvalue weighted by atomic mass is 10.0. The summed E-state index contributed by atoms with van der Waals surface area (Å²) >= 11 is 0. The zero-order chi connectivity index (χ0) is 16.5. The van der Waals surface area contributed by atoms with Gasteiger partial charge in [-0.1, -0.05) is 19.1 Å². The zero-order valence-corrected chi connectivity index (χ0v) is 14.3. The second-order valence-corrected chi connectivity index (χ2v) is 5.44. The molecule has 120 valence electrons. The minimum Gasteiger partial charge on any atom is -0.496 e. The van der Waals surface area contributed by atoms with Crippen LogP contribution in [0.3, 0.4) is 0 Å². The lowest BCUT2D eigenvalue weighted by Gasteiger charge is -2.16. The van der Waals surface area contributed by atoms with E-state index in [1.807, 2.05) is 12.1 Å². The van der Waals surface area contributed by atoms with Crippen molar-refractivity contribution < 1.29 is 4.74 Å². The van der Waals surface area contributed by atoms with E-state index in [0.29, 0.717) is 5.82 Å². The highest BCUT2D eigenvalue weighted by Gasteiger charge is 2.07. The van der Waals surface area contributed by atoms with Crippen LogP contribution in [0.15, 0.2) is 36.5 Å². The number of benzene rings is 1. The van der Waals surface area contributed by atoms with E-state index in [9.17, 15) is 0 Å². The van der Waals surface area contributed by atoms with Gasteiger partial charge in [-0.05, 0) is 62.3 Å². The first-order valence-corrected chi connectivity index (χ1v) is 7.45. The number of pyridine rings is 1. The zero-order valence-electron chi connectivity index (χ0n) is 14.3. The molecule has 0 saturated carbocycles. The number of ether oxygens (including phenoxy) is 1. The van der Waals surface area contributed by atoms with Crippen molar-refractivity contribution in [2.24, 2.45) is 0 Å². The number of methoxy groups -OCH3 is 1. The highest BCUT2D eigenvalue weighted by molar-refractivity contribution is 5.42. The molecule has 0 aliphatic carbocycles. The van der Waals surface area contributed by atoms with Gasteiger partial charge >= 0.3 is 0 Å². The highest BCUT2D eigenvalue weighted by atomic mass is 16.5. The van der Waals surface area contributed by atoms with E-state index in [2.05, 4.69) is 50.0 Å². The van der Waals surface area contributed by atoms with E-state index >= 15 is 0 Å². The molecule has 2 rings (SSSR count). The first-order valence-electron chi connectivity index (χ1n) is 7.45. The lowest BCUT2D eigenvalue weighted by molar-refractivity contribution is 0.392. The number of aromatic nitrogens is 1. The Morgan fingerprint density at radius 3 is 2.32 bits per heavy atom. The second-order valence-electron chi connectivity index (χ2n) is 5.44. The first-order chi connectivity index (χ1) is 10.5. The molecule has 0 saturated heterocycles. The molecule has 0 fully saturated rings. The minimum absolute atomic E-state index is 0.572. The van der Waals surface area contributed by atoms with Crippen LogP contribution >= 0.6 is 0 Å². The van der Waals surface area contributed by atoms with Gasteiger partial charge in [-0.3, -0.25) is 0 Å². The van der Waals surface area contributed by atoms with Crippen LogP contribution in [-0.2, 0) is 13.0 Å². The van der Waals surface area contributed by atoms with Gasteiger partial charge in [0.2, 0.25) is 0 Å². The monoisotopic (exact) mass is 301 g/mol. The maximum Gasteiger partial charge on any atom is 0.123 e. The highest BCUT2D eigenvalue weighted by Crippen LogP contribution is 2.24. The van der Waals surface area contributed by atoms with E-state index in [4.69, 9.17) is 10.5 Å². The molecule has 1 aromatic heterocycles. The number of nitrogen functional groups attached to an aromatic ring is 1. The molecular formula is C18H27N3O. The van der Waals surface area contributed by atoms with Gasteiger partial charge < -0.3 is 15.4 Å². The summed E-state index contributed by atoms with van der Waals surface area (Å²) < 4.78 is 5.35. The number of hydrogen-bond donors (Lipinski definition) is 1. The predicted octanol–water partition coefficient (Wildman–Crippen LogP) is 3.29. The maximum atomic E-state index is 5.35. The van der Waals surface area contributed by atoms with Gasteiger partial charge in [-0.15, -0.1) is 0 Å². The molecule has 4 heteroatoms. The number of rotatable bonds is 4. The Labute approximate surface area is 133 Å². The third-order valence-electron chi connectivity index (χ3n) is 3.27. The fourth-order valence-electron chi connectivity index (χ4n) is 2.20. The van der Waals surface area contributed by atoms with Gasteiger partial charge in [0, 0.05) is 12.7 Å². The summed E-state index contributed by atoms with van der Waals surface area (Å²) in [5.41, 5.74) is 9.25. The van der Waals surface area contributed by atoms with Crippen molar-refractivity contribution in [3.05, 3.63) is 53.2 Å². The Morgan fingerprint density at radius 2 is 1.91 bits per heavy atom. The van der Waals surface area contributed by atoms with Crippen LogP contribution < -0.4 is 10.5 Å². The molecule has 0 amide bonds. The fourth-order valence-corrected chi connectivity index (χ4v) is 2.20. The van der Waals surface area contributed by atoms with Crippen LogP contribution in [0.25, 0.3) is 0 Å². The fraction of sp³-hybridized carbons (Fsp3) is 0.389. The van der Waals surface area contributed by atoms with Gasteiger partial charge in [0.25, 0.3) is 0 Å². The first kappa shape index (κ1) is 18.0. The Balaban J connectivity index is 0.000000287. The number of hydrogen-bond acceptors (Lipinski definition) is 4. The van der Waals surface area contributed by atoms with Crippen LogP contribution in [0.5, 0.6) is 5.75 Å². The Kier molecular flexibility index (Phi) is 7.40. The van der Waals surface area contributed by atoms with Crippen LogP contribution in [0.1, 0.15) is 23.6 Å². The van der Waals surface area contributed by atoms with Crippen molar-refractivity contribution in [2.75, 3.05) is 26.9 Å². The summed E-state index contributed by atoms with van der Waals surface area (Å²) in [6.07, 6.45) is 2.74. The van der Waals surface area contributed by atoms with Crippen molar-refractivity contribution >= 4 is 5.82 Å². The summed E-state index contributed by atoms with van der Waals surface area (Å²) in [4.78, 5) is 5.94. The van der Waals surface area contributed by atoms with E-state index in [0.717, 1.165) is 18.7 Å². The topological polar surface area (TPSA) is 51.4 Å². The van der Waals surface area contributed by atoms with E-state index in [1.165, 1.54) is 16.7 Å².